The van der Waals surface area contributed by atoms with Gasteiger partial charge in [-0.3, -0.25) is 4.79 Å². The monoisotopic (exact) mass is 580 g/mol. The summed E-state index contributed by atoms with van der Waals surface area (Å²) in [4.78, 5) is 10.4. The molecule has 0 fully saturated rings. The van der Waals surface area contributed by atoms with Gasteiger partial charge in [-0.1, -0.05) is 74.5 Å². The summed E-state index contributed by atoms with van der Waals surface area (Å²) >= 11 is 0. The molecule has 0 aliphatic heterocycles. The molecule has 9 heteroatoms. The number of halogens is 6. The Hall–Kier alpha value is -3.33. The summed E-state index contributed by atoms with van der Waals surface area (Å²) in [5, 5.41) is 9.56. The van der Waals surface area contributed by atoms with Crippen molar-refractivity contribution < 1.29 is 41.0 Å². The lowest BCUT2D eigenvalue weighted by Gasteiger charge is -2.35. The third kappa shape index (κ3) is 6.45. The molecule has 3 aromatic rings. The van der Waals surface area contributed by atoms with Crippen molar-refractivity contribution in [3.05, 3.63) is 94.0 Å². The largest absolute Gasteiger partial charge is 0.463 e. The zero-order valence-corrected chi connectivity index (χ0v) is 23.4. The van der Waals surface area contributed by atoms with Crippen LogP contribution in [0.5, 0.6) is 0 Å². The Morgan fingerprint density at radius 1 is 0.780 bits per heavy atom. The molecule has 0 aromatic heterocycles. The number of alkyl halides is 6. The predicted molar refractivity (Wildman–Crippen MR) is 145 cm³/mol. The highest BCUT2D eigenvalue weighted by atomic mass is 19.4. The third-order valence-corrected chi connectivity index (χ3v) is 8.16. The molecule has 3 rings (SSSR count). The maximum atomic E-state index is 13.1. The van der Waals surface area contributed by atoms with Gasteiger partial charge < -0.3 is 9.84 Å². The minimum absolute atomic E-state index is 0.195. The average molecular weight is 581 g/mol. The number of carbonyl (C=O) groups excluding carboxylic acids is 1. The molecule has 41 heavy (non-hydrogen) atoms. The Kier molecular flexibility index (Phi) is 9.63. The zero-order valence-electron chi connectivity index (χ0n) is 23.4. The van der Waals surface area contributed by atoms with Gasteiger partial charge in [-0.05, 0) is 84.0 Å². The molecule has 0 aliphatic carbocycles. The fourth-order valence-electron chi connectivity index (χ4n) is 5.46. The highest BCUT2D eigenvalue weighted by Gasteiger charge is 2.69. The van der Waals surface area contributed by atoms with Crippen LogP contribution >= 0.6 is 0 Å². The summed E-state index contributed by atoms with van der Waals surface area (Å²) in [5.74, 6) is 0. The molecule has 0 spiro atoms. The lowest BCUT2D eigenvalue weighted by molar-refractivity contribution is -0.369. The van der Waals surface area contributed by atoms with E-state index in [2.05, 4.69) is 12.1 Å². The fourth-order valence-corrected chi connectivity index (χ4v) is 5.46. The molecule has 0 unspecified atom stereocenters. The van der Waals surface area contributed by atoms with Crippen molar-refractivity contribution in [3.8, 4) is 11.1 Å². The molecule has 3 aromatic carbocycles. The number of hydrogen-bond acceptors (Lipinski definition) is 3. The van der Waals surface area contributed by atoms with Crippen LogP contribution in [-0.2, 0) is 28.0 Å². The van der Waals surface area contributed by atoms with E-state index in [0.717, 1.165) is 33.4 Å². The normalized spacial score (nSPS) is 12.9. The molecule has 0 heterocycles. The number of rotatable bonds is 11. The standard InChI is InChI=1S/C32H34F6O3/c1-5-29(6-2,27-13-14-28(22(4)18-27)25-9-7-23(8-10-25)19-41-20-39)26-12-11-24(21(3)17-26)15-16-30(40,31(33,34)35)32(36,37)38/h7-14,17-18,20,40H,5-6,15-16,19H2,1-4H3. The van der Waals surface area contributed by atoms with Gasteiger partial charge in [-0.15, -0.1) is 0 Å². The Balaban J connectivity index is 1.92. The molecule has 0 atom stereocenters. The van der Waals surface area contributed by atoms with Gasteiger partial charge in [0.1, 0.15) is 6.61 Å². The maximum absolute atomic E-state index is 13.1. The van der Waals surface area contributed by atoms with Gasteiger partial charge in [0.05, 0.1) is 0 Å². The predicted octanol–water partition coefficient (Wildman–Crippen LogP) is 8.54. The van der Waals surface area contributed by atoms with Gasteiger partial charge in [0.25, 0.3) is 12.1 Å². The van der Waals surface area contributed by atoms with Crippen LogP contribution in [0, 0.1) is 13.8 Å². The second-order valence-electron chi connectivity index (χ2n) is 10.4. The Bertz CT molecular complexity index is 1330. The zero-order chi connectivity index (χ0) is 30.6. The van der Waals surface area contributed by atoms with Crippen LogP contribution in [0.2, 0.25) is 0 Å². The SMILES string of the molecule is CCC(CC)(c1ccc(CCC(O)(C(F)(F)F)C(F)(F)F)c(C)c1)c1ccc(-c2ccc(COC=O)cc2)c(C)c1. The first kappa shape index (κ1) is 32.2. The van der Waals surface area contributed by atoms with Crippen molar-refractivity contribution in [2.75, 3.05) is 0 Å². The molecule has 0 radical (unpaired) electrons. The molecule has 222 valence electrons. The highest BCUT2D eigenvalue weighted by molar-refractivity contribution is 5.68. The number of ether oxygens (including phenoxy) is 1. The molecule has 3 nitrogen and oxygen atoms in total. The molecule has 0 bridgehead atoms. The maximum Gasteiger partial charge on any atom is 0.426 e. The van der Waals surface area contributed by atoms with Crippen molar-refractivity contribution in [2.24, 2.45) is 0 Å². The minimum atomic E-state index is -5.84. The fraction of sp³-hybridized carbons (Fsp3) is 0.406. The topological polar surface area (TPSA) is 46.5 Å². The van der Waals surface area contributed by atoms with Gasteiger partial charge in [-0.2, -0.15) is 26.3 Å². The van der Waals surface area contributed by atoms with Crippen LogP contribution in [0.4, 0.5) is 26.3 Å². The summed E-state index contributed by atoms with van der Waals surface area (Å²) < 4.78 is 83.7. The summed E-state index contributed by atoms with van der Waals surface area (Å²) in [6.07, 6.45) is -12.3. The number of carbonyl (C=O) groups is 1. The average Bonchev–Trinajstić information content (AvgIpc) is 2.91. The van der Waals surface area contributed by atoms with E-state index in [1.807, 2.05) is 57.2 Å². The van der Waals surface area contributed by atoms with E-state index >= 15 is 0 Å². The Labute approximate surface area is 236 Å². The van der Waals surface area contributed by atoms with Gasteiger partial charge in [-0.25, -0.2) is 0 Å². The van der Waals surface area contributed by atoms with Gasteiger partial charge in [0, 0.05) is 5.41 Å². The third-order valence-electron chi connectivity index (χ3n) is 8.16. The molecule has 0 saturated carbocycles. The number of benzene rings is 3. The van der Waals surface area contributed by atoms with E-state index in [-0.39, 0.29) is 6.61 Å². The lowest BCUT2D eigenvalue weighted by Crippen LogP contribution is -2.57. The first-order chi connectivity index (χ1) is 19.1. The molecule has 0 aliphatic rings. The molecule has 0 saturated heterocycles. The quantitative estimate of drug-likeness (QED) is 0.183. The van der Waals surface area contributed by atoms with E-state index in [4.69, 9.17) is 4.74 Å². The molecular formula is C32H34F6O3. The second-order valence-corrected chi connectivity index (χ2v) is 10.4. The lowest BCUT2D eigenvalue weighted by atomic mass is 9.69. The number of aliphatic hydroxyl groups is 1. The van der Waals surface area contributed by atoms with E-state index in [9.17, 15) is 36.2 Å². The van der Waals surface area contributed by atoms with Crippen LogP contribution in [0.15, 0.2) is 60.7 Å². The summed E-state index contributed by atoms with van der Waals surface area (Å²) in [6, 6.07) is 19.1. The van der Waals surface area contributed by atoms with Gasteiger partial charge in [0.15, 0.2) is 0 Å². The Morgan fingerprint density at radius 2 is 1.32 bits per heavy atom. The van der Waals surface area contributed by atoms with E-state index < -0.39 is 36.2 Å². The summed E-state index contributed by atoms with van der Waals surface area (Å²) in [6.45, 7) is 8.36. The van der Waals surface area contributed by atoms with E-state index in [1.54, 1.807) is 19.1 Å². The van der Waals surface area contributed by atoms with Gasteiger partial charge in [0.2, 0.25) is 0 Å². The Morgan fingerprint density at radius 3 is 1.78 bits per heavy atom. The highest BCUT2D eigenvalue weighted by Crippen LogP contribution is 2.46. The first-order valence-electron chi connectivity index (χ1n) is 13.3. The summed E-state index contributed by atoms with van der Waals surface area (Å²) in [7, 11) is 0. The van der Waals surface area contributed by atoms with Crippen LogP contribution in [0.3, 0.4) is 0 Å². The van der Waals surface area contributed by atoms with Gasteiger partial charge >= 0.3 is 12.4 Å². The summed E-state index contributed by atoms with van der Waals surface area (Å²) in [5.41, 5.74) is 1.58. The van der Waals surface area contributed by atoms with Crippen molar-refractivity contribution in [1.29, 1.82) is 0 Å². The first-order valence-corrected chi connectivity index (χ1v) is 13.3. The minimum Gasteiger partial charge on any atom is -0.463 e. The van der Waals surface area contributed by atoms with Crippen molar-refractivity contribution in [1.82, 2.24) is 0 Å². The smallest absolute Gasteiger partial charge is 0.426 e. The van der Waals surface area contributed by atoms with E-state index in [0.29, 0.717) is 30.4 Å². The molecular weight excluding hydrogens is 546 g/mol. The van der Waals surface area contributed by atoms with Crippen LogP contribution in [0.25, 0.3) is 11.1 Å². The van der Waals surface area contributed by atoms with Crippen molar-refractivity contribution >= 4 is 6.47 Å². The van der Waals surface area contributed by atoms with Crippen molar-refractivity contribution in [3.63, 3.8) is 0 Å². The van der Waals surface area contributed by atoms with Crippen LogP contribution in [-0.4, -0.2) is 29.5 Å². The van der Waals surface area contributed by atoms with Crippen LogP contribution in [0.1, 0.15) is 66.5 Å². The number of aryl methyl sites for hydroxylation is 3. The molecule has 1 N–H and O–H groups in total. The van der Waals surface area contributed by atoms with Crippen molar-refractivity contribution in [2.45, 2.75) is 83.4 Å². The molecule has 0 amide bonds. The van der Waals surface area contributed by atoms with E-state index in [1.165, 1.54) is 0 Å². The second kappa shape index (κ2) is 12.3. The van der Waals surface area contributed by atoms with Crippen LogP contribution < -0.4 is 0 Å². The number of hydrogen-bond donors (Lipinski definition) is 1.